The van der Waals surface area contributed by atoms with Gasteiger partial charge < -0.3 is 14.6 Å². The Bertz CT molecular complexity index is 1050. The zero-order valence-electron chi connectivity index (χ0n) is 17.5. The first-order chi connectivity index (χ1) is 14.9. The molecule has 3 aromatic rings. The van der Waals surface area contributed by atoms with Gasteiger partial charge in [-0.2, -0.15) is 4.98 Å². The number of carbonyl (C=O) groups is 2. The van der Waals surface area contributed by atoms with Crippen LogP contribution in [0.15, 0.2) is 34.2 Å². The molecule has 3 rings (SSSR count). The number of amides is 1. The lowest BCUT2D eigenvalue weighted by Gasteiger charge is -2.14. The molecule has 0 radical (unpaired) electrons. The summed E-state index contributed by atoms with van der Waals surface area (Å²) in [6, 6.07) is 5.79. The third-order valence-corrected chi connectivity index (χ3v) is 5.22. The molecule has 1 N–H and O–H groups in total. The van der Waals surface area contributed by atoms with Gasteiger partial charge in [-0.15, -0.1) is 11.3 Å². The van der Waals surface area contributed by atoms with Crippen molar-refractivity contribution in [3.63, 3.8) is 0 Å². The topological polar surface area (TPSA) is 97.6 Å². The third-order valence-electron chi connectivity index (χ3n) is 4.32. The van der Waals surface area contributed by atoms with E-state index < -0.39 is 5.97 Å². The van der Waals surface area contributed by atoms with Crippen LogP contribution in [0.4, 0.5) is 9.39 Å². The molecule has 0 bridgehead atoms. The van der Waals surface area contributed by atoms with E-state index in [9.17, 15) is 14.0 Å². The van der Waals surface area contributed by atoms with Gasteiger partial charge in [0.05, 0.1) is 19.7 Å². The Balaban J connectivity index is 1.74. The van der Waals surface area contributed by atoms with E-state index in [1.165, 1.54) is 23.5 Å². The lowest BCUT2D eigenvalue weighted by Crippen LogP contribution is -2.30. The summed E-state index contributed by atoms with van der Waals surface area (Å²) >= 11 is 1.21. The maximum absolute atomic E-state index is 13.3. The van der Waals surface area contributed by atoms with Gasteiger partial charge in [-0.3, -0.25) is 9.69 Å². The lowest BCUT2D eigenvalue weighted by atomic mass is 10.0. The smallest absolute Gasteiger partial charge is 0.341 e. The van der Waals surface area contributed by atoms with Crippen molar-refractivity contribution in [2.45, 2.75) is 26.8 Å². The van der Waals surface area contributed by atoms with E-state index >= 15 is 0 Å². The van der Waals surface area contributed by atoms with Gasteiger partial charge in [0.1, 0.15) is 16.4 Å². The van der Waals surface area contributed by atoms with Crippen LogP contribution in [0, 0.1) is 5.82 Å². The minimum atomic E-state index is -0.551. The van der Waals surface area contributed by atoms with Gasteiger partial charge in [-0.1, -0.05) is 24.2 Å². The zero-order valence-corrected chi connectivity index (χ0v) is 18.3. The highest BCUT2D eigenvalue weighted by Gasteiger charge is 2.23. The first-order valence-corrected chi connectivity index (χ1v) is 10.6. The van der Waals surface area contributed by atoms with Crippen molar-refractivity contribution in [3.05, 3.63) is 52.7 Å². The number of rotatable bonds is 9. The second kappa shape index (κ2) is 10.3. The number of esters is 1. The van der Waals surface area contributed by atoms with E-state index in [0.29, 0.717) is 40.8 Å². The Kier molecular flexibility index (Phi) is 7.48. The summed E-state index contributed by atoms with van der Waals surface area (Å²) < 4.78 is 23.6. The molecule has 0 aliphatic carbocycles. The van der Waals surface area contributed by atoms with Gasteiger partial charge in [0, 0.05) is 17.4 Å². The van der Waals surface area contributed by atoms with Gasteiger partial charge in [0.25, 0.3) is 0 Å². The van der Waals surface area contributed by atoms with Gasteiger partial charge in [-0.25, -0.2) is 9.18 Å². The molecular formula is C21H23FN4O4S. The molecule has 0 aliphatic rings. The van der Waals surface area contributed by atoms with Crippen LogP contribution in [-0.2, 0) is 22.5 Å². The number of nitrogens with one attached hydrogen (secondary N) is 1. The average molecular weight is 447 g/mol. The molecule has 2 aromatic heterocycles. The highest BCUT2D eigenvalue weighted by molar-refractivity contribution is 7.15. The largest absolute Gasteiger partial charge is 0.462 e. The molecule has 31 heavy (non-hydrogen) atoms. The number of halogens is 1. The molecule has 0 spiro atoms. The van der Waals surface area contributed by atoms with Gasteiger partial charge in [0.2, 0.25) is 11.8 Å². The lowest BCUT2D eigenvalue weighted by molar-refractivity contribution is -0.117. The zero-order chi connectivity index (χ0) is 22.4. The fourth-order valence-corrected chi connectivity index (χ4v) is 3.87. The molecule has 0 atom stereocenters. The average Bonchev–Trinajstić information content (AvgIpc) is 3.35. The minimum Gasteiger partial charge on any atom is -0.462 e. The van der Waals surface area contributed by atoms with Crippen molar-refractivity contribution in [1.82, 2.24) is 15.0 Å². The van der Waals surface area contributed by atoms with E-state index in [0.717, 1.165) is 0 Å². The standard InChI is InChI=1S/C21H23FN4O4S/c1-4-16-23-18(30-25-16)11-26(3)10-17(27)24-20-19(21(28)29-5-2)15(12-31-20)13-6-8-14(22)9-7-13/h6-9,12H,4-5,10-11H2,1-3H3,(H,24,27). The number of aryl methyl sites for hydroxylation is 1. The Labute approximate surface area is 183 Å². The molecule has 0 aliphatic heterocycles. The number of benzene rings is 1. The SMILES string of the molecule is CCOC(=O)c1c(-c2ccc(F)cc2)csc1NC(=O)CN(C)Cc1nc(CC)no1. The number of thiophene rings is 1. The molecule has 10 heteroatoms. The van der Waals surface area contributed by atoms with E-state index in [2.05, 4.69) is 15.5 Å². The predicted octanol–water partition coefficient (Wildman–Crippen LogP) is 3.75. The fourth-order valence-electron chi connectivity index (χ4n) is 2.89. The third kappa shape index (κ3) is 5.74. The molecule has 1 amide bonds. The first-order valence-electron chi connectivity index (χ1n) is 9.75. The Morgan fingerprint density at radius 3 is 2.65 bits per heavy atom. The van der Waals surface area contributed by atoms with E-state index in [1.54, 1.807) is 36.4 Å². The van der Waals surface area contributed by atoms with Crippen LogP contribution >= 0.6 is 11.3 Å². The second-order valence-electron chi connectivity index (χ2n) is 6.76. The van der Waals surface area contributed by atoms with Crippen molar-refractivity contribution < 1.29 is 23.2 Å². The molecule has 8 nitrogen and oxygen atoms in total. The highest BCUT2D eigenvalue weighted by atomic mass is 32.1. The Morgan fingerprint density at radius 2 is 2.00 bits per heavy atom. The Hall–Kier alpha value is -3.11. The van der Waals surface area contributed by atoms with Gasteiger partial charge in [-0.05, 0) is 31.7 Å². The number of aromatic nitrogens is 2. The molecule has 0 saturated heterocycles. The van der Waals surface area contributed by atoms with Crippen LogP contribution in [0.3, 0.4) is 0 Å². The normalized spacial score (nSPS) is 11.0. The van der Waals surface area contributed by atoms with Crippen LogP contribution in [-0.4, -0.2) is 47.1 Å². The van der Waals surface area contributed by atoms with Crippen LogP contribution in [0.5, 0.6) is 0 Å². The van der Waals surface area contributed by atoms with Crippen molar-refractivity contribution in [2.75, 3.05) is 25.5 Å². The maximum Gasteiger partial charge on any atom is 0.341 e. The van der Waals surface area contributed by atoms with Crippen LogP contribution in [0.25, 0.3) is 11.1 Å². The molecule has 0 saturated carbocycles. The summed E-state index contributed by atoms with van der Waals surface area (Å²) in [6.07, 6.45) is 0.666. The monoisotopic (exact) mass is 446 g/mol. The molecule has 164 valence electrons. The summed E-state index contributed by atoms with van der Waals surface area (Å²) in [7, 11) is 1.75. The molecule has 0 unspecified atom stereocenters. The predicted molar refractivity (Wildman–Crippen MR) is 114 cm³/mol. The number of carbonyl (C=O) groups excluding carboxylic acids is 2. The van der Waals surface area contributed by atoms with Crippen molar-refractivity contribution in [2.24, 2.45) is 0 Å². The first kappa shape index (κ1) is 22.6. The summed E-state index contributed by atoms with van der Waals surface area (Å²) in [5.41, 5.74) is 1.48. The van der Waals surface area contributed by atoms with E-state index in [4.69, 9.17) is 9.26 Å². The Morgan fingerprint density at radius 1 is 1.26 bits per heavy atom. The van der Waals surface area contributed by atoms with Gasteiger partial charge in [0.15, 0.2) is 5.82 Å². The van der Waals surface area contributed by atoms with Crippen LogP contribution < -0.4 is 5.32 Å². The summed E-state index contributed by atoms with van der Waals surface area (Å²) in [4.78, 5) is 31.1. The molecule has 0 fully saturated rings. The number of nitrogens with zero attached hydrogens (tertiary/aromatic N) is 3. The van der Waals surface area contributed by atoms with Crippen LogP contribution in [0.2, 0.25) is 0 Å². The second-order valence-corrected chi connectivity index (χ2v) is 7.64. The van der Waals surface area contributed by atoms with E-state index in [1.807, 2.05) is 6.92 Å². The van der Waals surface area contributed by atoms with Crippen molar-refractivity contribution in [3.8, 4) is 11.1 Å². The number of anilines is 1. The number of ether oxygens (including phenoxy) is 1. The summed E-state index contributed by atoms with van der Waals surface area (Å²) in [5.74, 6) is -0.200. The minimum absolute atomic E-state index is 0.0515. The van der Waals surface area contributed by atoms with Gasteiger partial charge >= 0.3 is 5.97 Å². The van der Waals surface area contributed by atoms with Crippen LogP contribution in [0.1, 0.15) is 35.9 Å². The van der Waals surface area contributed by atoms with Crippen molar-refractivity contribution in [1.29, 1.82) is 0 Å². The highest BCUT2D eigenvalue weighted by Crippen LogP contribution is 2.36. The molecule has 1 aromatic carbocycles. The number of hydrogen-bond acceptors (Lipinski definition) is 8. The van der Waals surface area contributed by atoms with Crippen molar-refractivity contribution >= 4 is 28.2 Å². The summed E-state index contributed by atoms with van der Waals surface area (Å²) in [5, 5.41) is 8.73. The number of likely N-dealkylation sites (N-methyl/N-ethyl adjacent to an activating group) is 1. The van der Waals surface area contributed by atoms with E-state index in [-0.39, 0.29) is 30.4 Å². The number of hydrogen-bond donors (Lipinski definition) is 1. The fraction of sp³-hybridized carbons (Fsp3) is 0.333. The quantitative estimate of drug-likeness (QED) is 0.500. The summed E-state index contributed by atoms with van der Waals surface area (Å²) in [6.45, 7) is 4.19. The molecule has 2 heterocycles. The molecular weight excluding hydrogens is 423 g/mol. The maximum atomic E-state index is 13.3.